The van der Waals surface area contributed by atoms with Gasteiger partial charge in [0.15, 0.2) is 0 Å². The van der Waals surface area contributed by atoms with Gasteiger partial charge in [-0.1, -0.05) is 233 Å². The average molecular weight is 1380 g/mol. The van der Waals surface area contributed by atoms with Crippen molar-refractivity contribution in [3.8, 4) is 73.6 Å². The normalized spacial score (nSPS) is 12.8. The molecule has 0 radical (unpaired) electrons. The first-order valence-electron chi connectivity index (χ1n) is 37.0. The number of ether oxygens (including phenoxy) is 1. The Morgan fingerprint density at radius 2 is 0.796 bits per heavy atom. The zero-order valence-electron chi connectivity index (χ0n) is 59.2. The second kappa shape index (κ2) is 22.8. The number of fused-ring (bicyclic) bond motifs is 19. The number of nitrogens with zero attached hydrogens (tertiary/aromatic N) is 6. The van der Waals surface area contributed by atoms with E-state index in [2.05, 4.69) is 349 Å². The van der Waals surface area contributed by atoms with Crippen LogP contribution in [0, 0.1) is 0 Å². The summed E-state index contributed by atoms with van der Waals surface area (Å²) >= 11 is 0. The molecular formula is C98H63BN6O3. The van der Waals surface area contributed by atoms with Gasteiger partial charge in [-0.2, -0.15) is 0 Å². The zero-order valence-corrected chi connectivity index (χ0v) is 59.2. The Bertz CT molecular complexity index is 7300. The lowest BCUT2D eigenvalue weighted by Gasteiger charge is -2.42. The van der Waals surface area contributed by atoms with Crippen LogP contribution in [0.3, 0.4) is 0 Å². The van der Waals surface area contributed by atoms with Crippen LogP contribution >= 0.6 is 0 Å². The van der Waals surface area contributed by atoms with Crippen molar-refractivity contribution in [1.82, 2.24) is 23.7 Å². The second-order valence-corrected chi connectivity index (χ2v) is 29.9. The lowest BCUT2D eigenvalue weighted by molar-refractivity contribution is 0.483. The van der Waals surface area contributed by atoms with E-state index in [9.17, 15) is 0 Å². The molecule has 0 saturated carbocycles. The van der Waals surface area contributed by atoms with E-state index in [-0.39, 0.29) is 12.1 Å². The summed E-state index contributed by atoms with van der Waals surface area (Å²) in [6, 6.07) is 119. The van der Waals surface area contributed by atoms with Crippen LogP contribution in [0.2, 0.25) is 0 Å². The lowest BCUT2D eigenvalue weighted by atomic mass is 9.34. The standard InChI is InChI=1S/C98H63BN6O3/c1-98(2,3)62-50-87-96-93(51-62)108-90-47-45-61(79-52-63(102-80-37-16-10-28-66(80)67-29-11-17-38-81(67)102)53-95(101-79)104-83-40-19-13-31-69(83)73-57-92-75(55-86(73)104)71-33-15-21-42-89(71)107-92)49-77(90)99(96)76-48-60(44-46-84(76)105(87)97-64(58-24-6-4-7-25-58)34-22-35-65(97)59-26-8-5-9-27-59)78-36-23-43-94(100-78)103-82-39-18-12-30-68(82)72-56-91-74(54-85(72)103)70-32-14-20-41-88(70)106-91/h4-57H,1-3H3. The van der Waals surface area contributed by atoms with Crippen LogP contribution in [-0.2, 0) is 5.41 Å². The minimum absolute atomic E-state index is 0.268. The lowest BCUT2D eigenvalue weighted by Crippen LogP contribution is -2.59. The van der Waals surface area contributed by atoms with E-state index in [0.29, 0.717) is 0 Å². The highest BCUT2D eigenvalue weighted by Gasteiger charge is 2.44. The molecule has 14 aromatic carbocycles. The Balaban J connectivity index is 0.780. The van der Waals surface area contributed by atoms with Crippen molar-refractivity contribution < 1.29 is 13.6 Å². The first-order valence-corrected chi connectivity index (χ1v) is 37.0. The summed E-state index contributed by atoms with van der Waals surface area (Å²) in [6.45, 7) is 6.56. The smallest absolute Gasteiger partial charge is 0.256 e. The van der Waals surface area contributed by atoms with Crippen LogP contribution in [0.1, 0.15) is 26.3 Å². The molecule has 10 heteroatoms. The van der Waals surface area contributed by atoms with Gasteiger partial charge in [0.05, 0.1) is 55.9 Å². The van der Waals surface area contributed by atoms with E-state index in [1.54, 1.807) is 0 Å². The number of anilines is 3. The summed E-state index contributed by atoms with van der Waals surface area (Å²) in [5.41, 5.74) is 26.2. The third-order valence-electron chi connectivity index (χ3n) is 22.8. The van der Waals surface area contributed by atoms with Crippen molar-refractivity contribution >= 4 is 149 Å². The molecule has 0 unspecified atom stereocenters. The minimum atomic E-state index is -0.347. The number of para-hydroxylation sites is 7. The molecule has 21 aromatic rings. The molecule has 108 heavy (non-hydrogen) atoms. The Morgan fingerprint density at radius 1 is 0.306 bits per heavy atom. The van der Waals surface area contributed by atoms with E-state index in [1.807, 2.05) is 18.2 Å². The van der Waals surface area contributed by atoms with E-state index < -0.39 is 0 Å². The summed E-state index contributed by atoms with van der Waals surface area (Å²) in [5, 5.41) is 11.1. The Hall–Kier alpha value is -14.0. The van der Waals surface area contributed by atoms with Gasteiger partial charge in [0.25, 0.3) is 6.71 Å². The van der Waals surface area contributed by atoms with Crippen LogP contribution in [-0.4, -0.2) is 30.4 Å². The second-order valence-electron chi connectivity index (χ2n) is 29.9. The third kappa shape index (κ3) is 8.95. The maximum Gasteiger partial charge on any atom is 0.256 e. The van der Waals surface area contributed by atoms with Crippen LogP contribution in [0.15, 0.2) is 336 Å². The molecule has 9 heterocycles. The van der Waals surface area contributed by atoms with Gasteiger partial charge in [-0.15, -0.1) is 0 Å². The van der Waals surface area contributed by atoms with Crippen molar-refractivity contribution in [2.75, 3.05) is 4.90 Å². The van der Waals surface area contributed by atoms with Gasteiger partial charge in [0.2, 0.25) is 0 Å². The van der Waals surface area contributed by atoms with Gasteiger partial charge in [0.1, 0.15) is 45.5 Å². The number of hydrogen-bond acceptors (Lipinski definition) is 6. The first kappa shape index (κ1) is 60.5. The summed E-state index contributed by atoms with van der Waals surface area (Å²) in [4.78, 5) is 14.3. The molecule has 0 aliphatic carbocycles. The topological polar surface area (TPSA) is 79.3 Å². The Kier molecular flexibility index (Phi) is 12.7. The molecule has 0 atom stereocenters. The van der Waals surface area contributed by atoms with Gasteiger partial charge in [0, 0.05) is 88.0 Å². The number of aromatic nitrogens is 5. The fourth-order valence-corrected chi connectivity index (χ4v) is 17.9. The fourth-order valence-electron chi connectivity index (χ4n) is 17.9. The first-order chi connectivity index (χ1) is 53.2. The molecule has 0 fully saturated rings. The SMILES string of the molecule is CC(C)(C)c1cc2c3c(c1)N(c1c(-c4ccccc4)cccc1-c1ccccc1)c1ccc(-c4cccc(-n5c6ccccc6c6cc7oc8ccccc8c7cc65)n4)cc1B3c1cc(-c3cc(-n4c5ccccc5c5ccccc54)cc(-n4c5ccccc5c5cc6oc7ccccc7c6cc54)n3)ccc1O2. The number of benzene rings is 14. The molecule has 0 spiro atoms. The highest BCUT2D eigenvalue weighted by atomic mass is 16.5. The monoisotopic (exact) mass is 1380 g/mol. The summed E-state index contributed by atoms with van der Waals surface area (Å²) in [7, 11) is 0. The molecule has 0 saturated heterocycles. The number of pyridine rings is 2. The average Bonchev–Trinajstić information content (AvgIpc) is 1.06. The molecule has 9 nitrogen and oxygen atoms in total. The van der Waals surface area contributed by atoms with Gasteiger partial charge in [-0.25, -0.2) is 9.97 Å². The van der Waals surface area contributed by atoms with Crippen LogP contribution in [0.4, 0.5) is 17.1 Å². The predicted octanol–water partition coefficient (Wildman–Crippen LogP) is 23.9. The third-order valence-corrected chi connectivity index (χ3v) is 22.8. The van der Waals surface area contributed by atoms with E-state index >= 15 is 0 Å². The Morgan fingerprint density at radius 3 is 1.39 bits per heavy atom. The highest BCUT2D eigenvalue weighted by Crippen LogP contribution is 2.51. The summed E-state index contributed by atoms with van der Waals surface area (Å²) in [6.07, 6.45) is 0. The molecule has 0 N–H and O–H groups in total. The van der Waals surface area contributed by atoms with Crippen LogP contribution in [0.25, 0.3) is 171 Å². The van der Waals surface area contributed by atoms with Crippen LogP contribution in [0.5, 0.6) is 11.5 Å². The molecule has 0 amide bonds. The fraction of sp³-hybridized carbons (Fsp3) is 0.0408. The summed E-state index contributed by atoms with van der Waals surface area (Å²) in [5.74, 6) is 3.22. The Labute approximate surface area is 620 Å². The van der Waals surface area contributed by atoms with Crippen molar-refractivity contribution in [2.24, 2.45) is 0 Å². The maximum atomic E-state index is 7.60. The van der Waals surface area contributed by atoms with E-state index in [0.717, 1.165) is 211 Å². The molecule has 0 bridgehead atoms. The van der Waals surface area contributed by atoms with Gasteiger partial charge in [-0.3, -0.25) is 9.13 Å². The molecule has 23 rings (SSSR count). The zero-order chi connectivity index (χ0) is 71.2. The largest absolute Gasteiger partial charge is 0.458 e. The van der Waals surface area contributed by atoms with Crippen molar-refractivity contribution in [3.05, 3.63) is 333 Å². The molecule has 2 aliphatic heterocycles. The number of rotatable bonds is 8. The van der Waals surface area contributed by atoms with E-state index in [4.69, 9.17) is 23.5 Å². The van der Waals surface area contributed by atoms with Gasteiger partial charge < -0.3 is 23.0 Å². The van der Waals surface area contributed by atoms with Gasteiger partial charge in [-0.05, 0) is 153 Å². The maximum absolute atomic E-state index is 7.60. The molecule has 7 aromatic heterocycles. The quantitative estimate of drug-likeness (QED) is 0.141. The van der Waals surface area contributed by atoms with Crippen LogP contribution < -0.4 is 26.0 Å². The number of hydrogen-bond donors (Lipinski definition) is 0. The minimum Gasteiger partial charge on any atom is -0.458 e. The summed E-state index contributed by atoms with van der Waals surface area (Å²) < 4.78 is 27.8. The van der Waals surface area contributed by atoms with Crippen molar-refractivity contribution in [1.29, 1.82) is 0 Å². The van der Waals surface area contributed by atoms with Crippen molar-refractivity contribution in [2.45, 2.75) is 26.2 Å². The van der Waals surface area contributed by atoms with Crippen molar-refractivity contribution in [3.63, 3.8) is 0 Å². The van der Waals surface area contributed by atoms with Gasteiger partial charge >= 0.3 is 0 Å². The van der Waals surface area contributed by atoms with E-state index in [1.165, 1.54) is 10.8 Å². The molecule has 506 valence electrons. The molecular weight excluding hydrogens is 1320 g/mol. The number of furan rings is 2. The predicted molar refractivity (Wildman–Crippen MR) is 446 cm³/mol. The molecule has 2 aliphatic rings. The highest BCUT2D eigenvalue weighted by molar-refractivity contribution is 6.99.